The number of carbonyl (C=O) groups is 1. The van der Waals surface area contributed by atoms with Crippen LogP contribution in [0, 0.1) is 5.92 Å². The molecule has 3 heteroatoms. The molecule has 0 bridgehead atoms. The molecule has 0 spiro atoms. The van der Waals surface area contributed by atoms with Crippen molar-refractivity contribution in [1.29, 1.82) is 0 Å². The van der Waals surface area contributed by atoms with Crippen LogP contribution in [0.15, 0.2) is 24.3 Å². The summed E-state index contributed by atoms with van der Waals surface area (Å²) >= 11 is 0. The molecule has 1 N–H and O–H groups in total. The molecule has 0 atom stereocenters. The summed E-state index contributed by atoms with van der Waals surface area (Å²) in [5.74, 6) is 1.44. The maximum absolute atomic E-state index is 12.2. The summed E-state index contributed by atoms with van der Waals surface area (Å²) in [6.45, 7) is 4.70. The lowest BCUT2D eigenvalue weighted by molar-refractivity contribution is 0.0945. The summed E-state index contributed by atoms with van der Waals surface area (Å²) in [6.07, 6.45) is 6.51. The zero-order valence-corrected chi connectivity index (χ0v) is 12.5. The van der Waals surface area contributed by atoms with Crippen LogP contribution in [0.4, 0.5) is 0 Å². The lowest BCUT2D eigenvalue weighted by atomic mass is 10.0. The van der Waals surface area contributed by atoms with Gasteiger partial charge >= 0.3 is 0 Å². The third-order valence-corrected chi connectivity index (χ3v) is 3.81. The van der Waals surface area contributed by atoms with Gasteiger partial charge in [0.15, 0.2) is 0 Å². The van der Waals surface area contributed by atoms with Crippen molar-refractivity contribution in [3.8, 4) is 5.75 Å². The van der Waals surface area contributed by atoms with Crippen molar-refractivity contribution in [1.82, 2.24) is 5.32 Å². The number of ether oxygens (including phenoxy) is 1. The smallest absolute Gasteiger partial charge is 0.255 e. The summed E-state index contributed by atoms with van der Waals surface area (Å²) in [5.41, 5.74) is 0.632. The molecule has 0 heterocycles. The van der Waals surface area contributed by atoms with Crippen LogP contribution in [0.25, 0.3) is 0 Å². The lowest BCUT2D eigenvalue weighted by Crippen LogP contribution is -2.26. The van der Waals surface area contributed by atoms with Gasteiger partial charge in [0.25, 0.3) is 5.91 Å². The Morgan fingerprint density at radius 3 is 2.70 bits per heavy atom. The minimum absolute atomic E-state index is 0.0285. The molecular formula is C17H25NO2. The first-order chi connectivity index (χ1) is 9.66. The van der Waals surface area contributed by atoms with Crippen molar-refractivity contribution in [2.75, 3.05) is 6.54 Å². The third kappa shape index (κ3) is 4.26. The van der Waals surface area contributed by atoms with Gasteiger partial charge in [-0.05, 0) is 38.3 Å². The average molecular weight is 275 g/mol. The standard InChI is InChI=1S/C17H25NO2/c1-13(2)20-16-10-6-5-9-15(16)17(19)18-12-11-14-7-3-4-8-14/h5-6,9-10,13-14H,3-4,7-8,11-12H2,1-2H3,(H,18,19). The molecule has 1 saturated carbocycles. The maximum Gasteiger partial charge on any atom is 0.255 e. The number of hydrogen-bond acceptors (Lipinski definition) is 2. The van der Waals surface area contributed by atoms with E-state index in [0.717, 1.165) is 18.9 Å². The Morgan fingerprint density at radius 1 is 1.30 bits per heavy atom. The van der Waals surface area contributed by atoms with Gasteiger partial charge in [-0.2, -0.15) is 0 Å². The maximum atomic E-state index is 12.2. The highest BCUT2D eigenvalue weighted by Crippen LogP contribution is 2.27. The minimum Gasteiger partial charge on any atom is -0.490 e. The van der Waals surface area contributed by atoms with Crippen LogP contribution in [0.3, 0.4) is 0 Å². The first-order valence-electron chi connectivity index (χ1n) is 7.70. The van der Waals surface area contributed by atoms with Crippen LogP contribution in [-0.4, -0.2) is 18.6 Å². The number of carbonyl (C=O) groups excluding carboxylic acids is 1. The number of amides is 1. The van der Waals surface area contributed by atoms with Gasteiger partial charge in [-0.25, -0.2) is 0 Å². The molecule has 0 saturated heterocycles. The number of hydrogen-bond donors (Lipinski definition) is 1. The van der Waals surface area contributed by atoms with Crippen molar-refractivity contribution in [2.45, 2.75) is 52.1 Å². The largest absolute Gasteiger partial charge is 0.490 e. The van der Waals surface area contributed by atoms with Gasteiger partial charge in [0.1, 0.15) is 5.75 Å². The van der Waals surface area contributed by atoms with Crippen LogP contribution in [0.5, 0.6) is 5.75 Å². The molecule has 1 aliphatic rings. The van der Waals surface area contributed by atoms with Gasteiger partial charge in [-0.15, -0.1) is 0 Å². The quantitative estimate of drug-likeness (QED) is 0.858. The van der Waals surface area contributed by atoms with Crippen molar-refractivity contribution < 1.29 is 9.53 Å². The van der Waals surface area contributed by atoms with Gasteiger partial charge in [0.2, 0.25) is 0 Å². The second kappa shape index (κ2) is 7.32. The molecule has 2 rings (SSSR count). The fraction of sp³-hybridized carbons (Fsp3) is 0.588. The van der Waals surface area contributed by atoms with Gasteiger partial charge in [-0.1, -0.05) is 37.8 Å². The van der Waals surface area contributed by atoms with Crippen molar-refractivity contribution >= 4 is 5.91 Å². The van der Waals surface area contributed by atoms with E-state index in [2.05, 4.69) is 5.32 Å². The fourth-order valence-corrected chi connectivity index (χ4v) is 2.80. The molecule has 0 aromatic heterocycles. The molecule has 1 aromatic carbocycles. The normalized spacial score (nSPS) is 15.6. The van der Waals surface area contributed by atoms with E-state index >= 15 is 0 Å². The zero-order chi connectivity index (χ0) is 14.4. The highest BCUT2D eigenvalue weighted by Gasteiger charge is 2.16. The predicted octanol–water partition coefficient (Wildman–Crippen LogP) is 3.78. The Bertz CT molecular complexity index is 436. The van der Waals surface area contributed by atoms with E-state index in [4.69, 9.17) is 4.74 Å². The molecule has 20 heavy (non-hydrogen) atoms. The second-order valence-corrected chi connectivity index (χ2v) is 5.86. The van der Waals surface area contributed by atoms with Crippen LogP contribution >= 0.6 is 0 Å². The van der Waals surface area contributed by atoms with Crippen molar-refractivity contribution in [3.05, 3.63) is 29.8 Å². The van der Waals surface area contributed by atoms with E-state index in [1.165, 1.54) is 25.7 Å². The van der Waals surface area contributed by atoms with Gasteiger partial charge in [0.05, 0.1) is 11.7 Å². The van der Waals surface area contributed by atoms with Gasteiger partial charge in [0, 0.05) is 6.54 Å². The lowest BCUT2D eigenvalue weighted by Gasteiger charge is -2.14. The van der Waals surface area contributed by atoms with Crippen LogP contribution in [0.2, 0.25) is 0 Å². The minimum atomic E-state index is -0.0285. The Hall–Kier alpha value is -1.51. The number of benzene rings is 1. The Kier molecular flexibility index (Phi) is 5.45. The topological polar surface area (TPSA) is 38.3 Å². The van der Waals surface area contributed by atoms with Gasteiger partial charge < -0.3 is 10.1 Å². The van der Waals surface area contributed by atoms with E-state index in [-0.39, 0.29) is 12.0 Å². The van der Waals surface area contributed by atoms with Gasteiger partial charge in [-0.3, -0.25) is 4.79 Å². The highest BCUT2D eigenvalue weighted by atomic mass is 16.5. The van der Waals surface area contributed by atoms with Crippen molar-refractivity contribution in [3.63, 3.8) is 0 Å². The highest BCUT2D eigenvalue weighted by molar-refractivity contribution is 5.96. The van der Waals surface area contributed by atoms with E-state index < -0.39 is 0 Å². The number of para-hydroxylation sites is 1. The number of rotatable bonds is 6. The number of nitrogens with one attached hydrogen (secondary N) is 1. The molecule has 1 amide bonds. The predicted molar refractivity (Wildman–Crippen MR) is 81.1 cm³/mol. The monoisotopic (exact) mass is 275 g/mol. The van der Waals surface area contributed by atoms with Crippen LogP contribution in [0.1, 0.15) is 56.3 Å². The zero-order valence-electron chi connectivity index (χ0n) is 12.5. The molecule has 0 unspecified atom stereocenters. The Morgan fingerprint density at radius 2 is 2.00 bits per heavy atom. The molecule has 0 radical (unpaired) electrons. The van der Waals surface area contributed by atoms with E-state index in [9.17, 15) is 4.79 Å². The average Bonchev–Trinajstić information content (AvgIpc) is 2.91. The Balaban J connectivity index is 1.87. The first-order valence-corrected chi connectivity index (χ1v) is 7.70. The van der Waals surface area contributed by atoms with E-state index in [1.54, 1.807) is 0 Å². The third-order valence-electron chi connectivity index (χ3n) is 3.81. The summed E-state index contributed by atoms with van der Waals surface area (Å²) in [6, 6.07) is 7.45. The van der Waals surface area contributed by atoms with Crippen LogP contribution < -0.4 is 10.1 Å². The summed E-state index contributed by atoms with van der Waals surface area (Å²) < 4.78 is 5.69. The van der Waals surface area contributed by atoms with E-state index in [1.807, 2.05) is 38.1 Å². The first kappa shape index (κ1) is 14.9. The van der Waals surface area contributed by atoms with E-state index in [0.29, 0.717) is 11.3 Å². The molecule has 1 aromatic rings. The second-order valence-electron chi connectivity index (χ2n) is 5.86. The molecule has 0 aliphatic heterocycles. The molecule has 1 fully saturated rings. The fourth-order valence-electron chi connectivity index (χ4n) is 2.80. The SMILES string of the molecule is CC(C)Oc1ccccc1C(=O)NCCC1CCCC1. The van der Waals surface area contributed by atoms with Crippen LogP contribution in [-0.2, 0) is 0 Å². The summed E-state index contributed by atoms with van der Waals surface area (Å²) in [7, 11) is 0. The Labute approximate surface area is 121 Å². The molecule has 3 nitrogen and oxygen atoms in total. The van der Waals surface area contributed by atoms with Crippen molar-refractivity contribution in [2.24, 2.45) is 5.92 Å². The molecule has 110 valence electrons. The molecular weight excluding hydrogens is 250 g/mol. The summed E-state index contributed by atoms with van der Waals surface area (Å²) in [4.78, 5) is 12.2. The molecule has 1 aliphatic carbocycles. The summed E-state index contributed by atoms with van der Waals surface area (Å²) in [5, 5.41) is 3.02.